The molecule has 1 aromatic rings. The molecule has 28 heavy (non-hydrogen) atoms. The van der Waals surface area contributed by atoms with Gasteiger partial charge in [-0.15, -0.1) is 0 Å². The van der Waals surface area contributed by atoms with Gasteiger partial charge in [-0.3, -0.25) is 4.79 Å². The lowest BCUT2D eigenvalue weighted by atomic mass is 9.51. The number of hydrogen-bond donors (Lipinski definition) is 1. The van der Waals surface area contributed by atoms with E-state index in [2.05, 4.69) is 23.1 Å². The van der Waals surface area contributed by atoms with E-state index in [0.717, 1.165) is 68.0 Å². The second-order valence-electron chi connectivity index (χ2n) is 10.9. The van der Waals surface area contributed by atoms with Gasteiger partial charge < -0.3 is 10.0 Å². The van der Waals surface area contributed by atoms with Crippen molar-refractivity contribution in [3.63, 3.8) is 0 Å². The van der Waals surface area contributed by atoms with Gasteiger partial charge in [0, 0.05) is 24.9 Å². The smallest absolute Gasteiger partial charge is 0.222 e. The molecule has 4 bridgehead atoms. The molecule has 4 saturated carbocycles. The quantitative estimate of drug-likeness (QED) is 0.830. The monoisotopic (exact) mass is 379 g/mol. The summed E-state index contributed by atoms with van der Waals surface area (Å²) in [4.78, 5) is 15.5. The van der Waals surface area contributed by atoms with Crippen LogP contribution in [0.25, 0.3) is 0 Å². The third kappa shape index (κ3) is 2.61. The van der Waals surface area contributed by atoms with Crippen molar-refractivity contribution in [3.8, 4) is 0 Å². The summed E-state index contributed by atoms with van der Waals surface area (Å²) in [6.07, 6.45) is 10.4. The number of fused-ring (bicyclic) bond motifs is 1. The predicted molar refractivity (Wildman–Crippen MR) is 109 cm³/mol. The first-order chi connectivity index (χ1) is 13.6. The van der Waals surface area contributed by atoms with Crippen LogP contribution >= 0.6 is 0 Å². The third-order valence-electron chi connectivity index (χ3n) is 9.27. The van der Waals surface area contributed by atoms with Crippen LogP contribution in [0.4, 0.5) is 0 Å². The fourth-order valence-electron chi connectivity index (χ4n) is 8.21. The summed E-state index contributed by atoms with van der Waals surface area (Å²) in [5.74, 6) is 4.60. The fraction of sp³-hybridized carbons (Fsp3) is 0.720. The second-order valence-corrected chi connectivity index (χ2v) is 10.9. The number of aliphatic hydroxyl groups is 1. The summed E-state index contributed by atoms with van der Waals surface area (Å²) >= 11 is 0. The fourth-order valence-corrected chi connectivity index (χ4v) is 8.21. The number of piperidine rings is 1. The van der Waals surface area contributed by atoms with Gasteiger partial charge >= 0.3 is 0 Å². The molecule has 150 valence electrons. The van der Waals surface area contributed by atoms with Crippen LogP contribution in [0.3, 0.4) is 0 Å². The normalized spacial score (nSPS) is 43.5. The van der Waals surface area contributed by atoms with E-state index in [1.165, 1.54) is 37.7 Å². The zero-order valence-electron chi connectivity index (χ0n) is 16.9. The van der Waals surface area contributed by atoms with Crippen LogP contribution in [0.15, 0.2) is 24.3 Å². The molecule has 1 spiro atoms. The second kappa shape index (κ2) is 6.32. The highest BCUT2D eigenvalue weighted by Gasteiger charge is 2.51. The third-order valence-corrected chi connectivity index (χ3v) is 9.27. The van der Waals surface area contributed by atoms with E-state index in [1.807, 2.05) is 6.07 Å². The molecular weight excluding hydrogens is 346 g/mol. The number of likely N-dealkylation sites (tertiary alicyclic amines) is 1. The summed E-state index contributed by atoms with van der Waals surface area (Å²) in [5, 5.41) is 11.1. The molecule has 3 nitrogen and oxygen atoms in total. The highest BCUT2D eigenvalue weighted by atomic mass is 16.3. The Kier molecular flexibility index (Phi) is 3.95. The first-order valence-electron chi connectivity index (χ1n) is 11.6. The molecule has 6 aliphatic rings. The van der Waals surface area contributed by atoms with E-state index in [9.17, 15) is 9.90 Å². The van der Waals surface area contributed by atoms with E-state index in [4.69, 9.17) is 0 Å². The molecule has 5 fully saturated rings. The summed E-state index contributed by atoms with van der Waals surface area (Å²) < 4.78 is 0. The highest BCUT2D eigenvalue weighted by molar-refractivity contribution is 5.77. The Balaban J connectivity index is 1.17. The molecule has 7 rings (SSSR count). The van der Waals surface area contributed by atoms with Crippen LogP contribution in [-0.4, -0.2) is 29.0 Å². The van der Waals surface area contributed by atoms with E-state index in [1.54, 1.807) is 0 Å². The average Bonchev–Trinajstić information content (AvgIpc) is 2.95. The summed E-state index contributed by atoms with van der Waals surface area (Å²) in [6.45, 7) is 1.63. The van der Waals surface area contributed by atoms with Gasteiger partial charge in [-0.1, -0.05) is 24.3 Å². The van der Waals surface area contributed by atoms with Crippen molar-refractivity contribution in [1.82, 2.24) is 4.90 Å². The molecule has 0 aromatic heterocycles. The number of hydrogen-bond acceptors (Lipinski definition) is 2. The van der Waals surface area contributed by atoms with Gasteiger partial charge in [0.15, 0.2) is 0 Å². The first-order valence-corrected chi connectivity index (χ1v) is 11.6. The van der Waals surface area contributed by atoms with E-state index in [-0.39, 0.29) is 5.41 Å². The minimum absolute atomic E-state index is 0.151. The van der Waals surface area contributed by atoms with Crippen LogP contribution in [-0.2, 0) is 11.2 Å². The van der Waals surface area contributed by atoms with Crippen LogP contribution in [0.1, 0.15) is 68.6 Å². The summed E-state index contributed by atoms with van der Waals surface area (Å²) in [7, 11) is 0. The van der Waals surface area contributed by atoms with Gasteiger partial charge in [0.05, 0.1) is 6.10 Å². The van der Waals surface area contributed by atoms with Gasteiger partial charge in [-0.2, -0.15) is 0 Å². The molecule has 1 amide bonds. The van der Waals surface area contributed by atoms with E-state index >= 15 is 0 Å². The molecule has 1 saturated heterocycles. The minimum atomic E-state index is -0.416. The Bertz CT molecular complexity index is 761. The van der Waals surface area contributed by atoms with Gasteiger partial charge in [0.25, 0.3) is 0 Å². The van der Waals surface area contributed by atoms with Crippen LogP contribution in [0.5, 0.6) is 0 Å². The highest BCUT2D eigenvalue weighted by Crippen LogP contribution is 2.57. The molecule has 3 heteroatoms. The molecule has 0 radical (unpaired) electrons. The standard InChI is InChI=1S/C25H33NO2/c27-23(13-22-19-9-16-8-17(11-19)12-20(22)10-16)26-7-3-6-25(15-26)14-18-4-1-2-5-21(18)24(25)28/h1-2,4-5,16-17,19-20,22,24,28H,3,6-15H2. The van der Waals surface area contributed by atoms with E-state index in [0.29, 0.717) is 11.8 Å². The number of amides is 1. The maximum Gasteiger partial charge on any atom is 0.222 e. The van der Waals surface area contributed by atoms with E-state index < -0.39 is 6.10 Å². The summed E-state index contributed by atoms with van der Waals surface area (Å²) in [6, 6.07) is 8.33. The van der Waals surface area contributed by atoms with Crippen molar-refractivity contribution in [2.24, 2.45) is 35.0 Å². The average molecular weight is 380 g/mol. The lowest BCUT2D eigenvalue weighted by Gasteiger charge is -2.54. The Labute approximate surface area is 168 Å². The molecule has 2 unspecified atom stereocenters. The Hall–Kier alpha value is -1.35. The van der Waals surface area contributed by atoms with Gasteiger partial charge in [0.2, 0.25) is 5.91 Å². The zero-order valence-corrected chi connectivity index (χ0v) is 16.9. The Morgan fingerprint density at radius 1 is 1.07 bits per heavy atom. The molecule has 2 atom stereocenters. The van der Waals surface area contributed by atoms with Crippen molar-refractivity contribution in [3.05, 3.63) is 35.4 Å². The lowest BCUT2D eigenvalue weighted by Crippen LogP contribution is -2.50. The number of nitrogens with zero attached hydrogens (tertiary/aromatic N) is 1. The maximum absolute atomic E-state index is 13.4. The zero-order chi connectivity index (χ0) is 18.9. The largest absolute Gasteiger partial charge is 0.388 e. The molecule has 5 aliphatic carbocycles. The van der Waals surface area contributed by atoms with Crippen molar-refractivity contribution < 1.29 is 9.90 Å². The van der Waals surface area contributed by atoms with Crippen LogP contribution in [0.2, 0.25) is 0 Å². The van der Waals surface area contributed by atoms with Crippen molar-refractivity contribution in [1.29, 1.82) is 0 Å². The van der Waals surface area contributed by atoms with Gasteiger partial charge in [-0.25, -0.2) is 0 Å². The molecule has 1 N–H and O–H groups in total. The minimum Gasteiger partial charge on any atom is -0.388 e. The maximum atomic E-state index is 13.4. The predicted octanol–water partition coefficient (Wildman–Crippen LogP) is 4.35. The number of aliphatic hydroxyl groups excluding tert-OH is 1. The Morgan fingerprint density at radius 2 is 1.79 bits per heavy atom. The molecule has 1 aromatic carbocycles. The number of carbonyl (C=O) groups excluding carboxylic acids is 1. The molecule has 1 heterocycles. The lowest BCUT2D eigenvalue weighted by molar-refractivity contribution is -0.142. The van der Waals surface area contributed by atoms with Gasteiger partial charge in [0.1, 0.15) is 0 Å². The number of carbonyl (C=O) groups is 1. The van der Waals surface area contributed by atoms with Crippen molar-refractivity contribution in [2.45, 2.75) is 63.9 Å². The SMILES string of the molecule is O=C(CC1C2CC3CC(C2)CC1C3)N1CCCC2(Cc3ccccc3C2O)C1. The topological polar surface area (TPSA) is 40.5 Å². The van der Waals surface area contributed by atoms with Crippen LogP contribution < -0.4 is 0 Å². The first kappa shape index (κ1) is 17.5. The number of rotatable bonds is 2. The Morgan fingerprint density at radius 3 is 2.50 bits per heavy atom. The van der Waals surface area contributed by atoms with Crippen LogP contribution in [0, 0.1) is 35.0 Å². The van der Waals surface area contributed by atoms with Gasteiger partial charge in [-0.05, 0) is 92.1 Å². The number of benzene rings is 1. The van der Waals surface area contributed by atoms with Crippen molar-refractivity contribution in [2.75, 3.05) is 13.1 Å². The molecule has 1 aliphatic heterocycles. The van der Waals surface area contributed by atoms with Crippen molar-refractivity contribution >= 4 is 5.91 Å². The summed E-state index contributed by atoms with van der Waals surface area (Å²) in [5.41, 5.74) is 2.23. The molecular formula is C25H33NO2.